The highest BCUT2D eigenvalue weighted by atomic mass is 15.1. The summed E-state index contributed by atoms with van der Waals surface area (Å²) in [5, 5.41) is 3.98. The second-order valence-electron chi connectivity index (χ2n) is 8.90. The second kappa shape index (κ2) is 5.70. The van der Waals surface area contributed by atoms with Crippen molar-refractivity contribution in [2.45, 2.75) is 65.7 Å². The molecule has 0 aromatic rings. The number of hydrogen-bond acceptors (Lipinski definition) is 1. The molecule has 0 heterocycles. The van der Waals surface area contributed by atoms with Gasteiger partial charge in [-0.1, -0.05) is 50.0 Å². The van der Waals surface area contributed by atoms with E-state index in [9.17, 15) is 0 Å². The molecule has 0 radical (unpaired) electrons. The van der Waals surface area contributed by atoms with E-state index in [1.807, 2.05) is 0 Å². The fourth-order valence-electron chi connectivity index (χ4n) is 6.28. The van der Waals surface area contributed by atoms with Crippen LogP contribution in [-0.2, 0) is 0 Å². The van der Waals surface area contributed by atoms with Crippen LogP contribution in [0.15, 0.2) is 29.4 Å². The zero-order chi connectivity index (χ0) is 16.7. The Morgan fingerprint density at radius 3 is 2.78 bits per heavy atom. The molecule has 5 atom stereocenters. The first kappa shape index (κ1) is 16.6. The molecule has 3 nitrogen and oxygen atoms in total. The molecular formula is C20H31N3. The highest BCUT2D eigenvalue weighted by Gasteiger charge is 2.56. The predicted molar refractivity (Wildman–Crippen MR) is 95.9 cm³/mol. The molecule has 0 aliphatic heterocycles. The minimum absolute atomic E-state index is 0.160. The first-order valence-electron chi connectivity index (χ1n) is 9.25. The Kier molecular flexibility index (Phi) is 4.13. The summed E-state index contributed by atoms with van der Waals surface area (Å²) in [5.41, 5.74) is 11.2. The number of allylic oxidation sites excluding steroid dienone is 3. The third kappa shape index (κ3) is 2.45. The molecule has 1 unspecified atom stereocenters. The van der Waals surface area contributed by atoms with Crippen molar-refractivity contribution in [3.63, 3.8) is 0 Å². The van der Waals surface area contributed by atoms with Crippen LogP contribution in [0.4, 0.5) is 0 Å². The maximum absolute atomic E-state index is 8.80. The van der Waals surface area contributed by atoms with Crippen molar-refractivity contribution in [3.8, 4) is 0 Å². The van der Waals surface area contributed by atoms with Crippen LogP contribution in [0.3, 0.4) is 0 Å². The number of rotatable bonds is 3. The van der Waals surface area contributed by atoms with Gasteiger partial charge < -0.3 is 0 Å². The minimum atomic E-state index is 0.160. The molecule has 0 spiro atoms. The van der Waals surface area contributed by atoms with E-state index in [1.54, 1.807) is 5.57 Å². The summed E-state index contributed by atoms with van der Waals surface area (Å²) in [6, 6.07) is 0. The van der Waals surface area contributed by atoms with Gasteiger partial charge in [0.15, 0.2) is 0 Å². The van der Waals surface area contributed by atoms with E-state index in [0.29, 0.717) is 18.4 Å². The van der Waals surface area contributed by atoms with Crippen LogP contribution < -0.4 is 0 Å². The van der Waals surface area contributed by atoms with Gasteiger partial charge in [0.05, 0.1) is 0 Å². The van der Waals surface area contributed by atoms with Crippen LogP contribution in [0.1, 0.15) is 65.7 Å². The van der Waals surface area contributed by atoms with Crippen LogP contribution in [0.25, 0.3) is 10.4 Å². The van der Waals surface area contributed by atoms with E-state index in [0.717, 1.165) is 0 Å². The Morgan fingerprint density at radius 1 is 1.30 bits per heavy atom. The van der Waals surface area contributed by atoms with Crippen LogP contribution in [0.2, 0.25) is 0 Å². The molecule has 3 heteroatoms. The summed E-state index contributed by atoms with van der Waals surface area (Å²) >= 11 is 0. The topological polar surface area (TPSA) is 48.8 Å². The minimum Gasteiger partial charge on any atom is -0.103 e. The SMILES string of the molecule is C=C[C@@]1(C)CCC=C2[C@H]1CCC1[C@](C)(CN=[N+]=[N-])CCC[C@@]21C. The summed E-state index contributed by atoms with van der Waals surface area (Å²) in [6.07, 6.45) is 13.5. The average molecular weight is 313 g/mol. The summed E-state index contributed by atoms with van der Waals surface area (Å²) in [6.45, 7) is 12.1. The van der Waals surface area contributed by atoms with E-state index in [-0.39, 0.29) is 16.2 Å². The van der Waals surface area contributed by atoms with E-state index >= 15 is 0 Å². The summed E-state index contributed by atoms with van der Waals surface area (Å²) in [4.78, 5) is 3.05. The van der Waals surface area contributed by atoms with Gasteiger partial charge >= 0.3 is 0 Å². The van der Waals surface area contributed by atoms with Crippen LogP contribution >= 0.6 is 0 Å². The predicted octanol–water partition coefficient (Wildman–Crippen LogP) is 6.43. The summed E-state index contributed by atoms with van der Waals surface area (Å²) in [7, 11) is 0. The molecule has 3 aliphatic carbocycles. The summed E-state index contributed by atoms with van der Waals surface area (Å²) < 4.78 is 0. The number of fused-ring (bicyclic) bond motifs is 3. The Labute approximate surface area is 140 Å². The zero-order valence-corrected chi connectivity index (χ0v) is 15.0. The average Bonchev–Trinajstić information content (AvgIpc) is 2.53. The van der Waals surface area contributed by atoms with Crippen LogP contribution in [0, 0.1) is 28.1 Å². The standard InChI is InChI=1S/C20H31N3/c1-5-18(2)11-6-8-16-15(18)9-10-17-19(3,14-22-23-21)12-7-13-20(16,17)4/h5,8,15,17H,1,6-7,9-14H2,2-4H3/t15-,17?,18+,19+,20+/m1/s1. The van der Waals surface area contributed by atoms with Crippen molar-refractivity contribution >= 4 is 0 Å². The van der Waals surface area contributed by atoms with Gasteiger partial charge in [-0.25, -0.2) is 0 Å². The first-order valence-corrected chi connectivity index (χ1v) is 9.25. The molecule has 2 saturated carbocycles. The van der Waals surface area contributed by atoms with Gasteiger partial charge in [-0.2, -0.15) is 0 Å². The maximum Gasteiger partial charge on any atom is 0.0314 e. The Morgan fingerprint density at radius 2 is 2.09 bits per heavy atom. The van der Waals surface area contributed by atoms with E-state index in [2.05, 4.69) is 49.5 Å². The Balaban J connectivity index is 1.99. The molecule has 2 fully saturated rings. The number of hydrogen-bond donors (Lipinski definition) is 0. The first-order chi connectivity index (χ1) is 10.9. The van der Waals surface area contributed by atoms with Crippen LogP contribution in [0.5, 0.6) is 0 Å². The van der Waals surface area contributed by atoms with Crippen molar-refractivity contribution in [2.24, 2.45) is 33.2 Å². The van der Waals surface area contributed by atoms with Gasteiger partial charge in [-0.05, 0) is 72.1 Å². The molecule has 23 heavy (non-hydrogen) atoms. The maximum atomic E-state index is 8.80. The highest BCUT2D eigenvalue weighted by molar-refractivity contribution is 5.30. The molecule has 0 saturated heterocycles. The van der Waals surface area contributed by atoms with Crippen molar-refractivity contribution in [3.05, 3.63) is 34.7 Å². The largest absolute Gasteiger partial charge is 0.103 e. The van der Waals surface area contributed by atoms with Gasteiger partial charge in [-0.15, -0.1) is 6.58 Å². The third-order valence-corrected chi connectivity index (χ3v) is 7.64. The third-order valence-electron chi connectivity index (χ3n) is 7.64. The van der Waals surface area contributed by atoms with Crippen molar-refractivity contribution in [1.82, 2.24) is 0 Å². The molecule has 126 valence electrons. The van der Waals surface area contributed by atoms with E-state index in [4.69, 9.17) is 5.53 Å². The fourth-order valence-corrected chi connectivity index (χ4v) is 6.28. The smallest absolute Gasteiger partial charge is 0.0314 e. The normalized spacial score (nSPS) is 46.0. The molecule has 0 bridgehead atoms. The van der Waals surface area contributed by atoms with Crippen molar-refractivity contribution in [1.29, 1.82) is 0 Å². The molecule has 0 aromatic heterocycles. The molecule has 0 aromatic carbocycles. The summed E-state index contributed by atoms with van der Waals surface area (Å²) in [5.74, 6) is 1.31. The van der Waals surface area contributed by atoms with Gasteiger partial charge in [0.25, 0.3) is 0 Å². The molecular weight excluding hydrogens is 282 g/mol. The lowest BCUT2D eigenvalue weighted by atomic mass is 9.44. The number of azide groups is 1. The second-order valence-corrected chi connectivity index (χ2v) is 8.90. The Bertz CT molecular complexity index is 573. The van der Waals surface area contributed by atoms with Gasteiger partial charge in [-0.3, -0.25) is 0 Å². The molecule has 3 aliphatic rings. The lowest BCUT2D eigenvalue weighted by molar-refractivity contribution is -0.0298. The van der Waals surface area contributed by atoms with Crippen molar-refractivity contribution in [2.75, 3.05) is 6.54 Å². The quantitative estimate of drug-likeness (QED) is 0.249. The fraction of sp³-hybridized carbons (Fsp3) is 0.800. The molecule has 0 amide bonds. The van der Waals surface area contributed by atoms with Gasteiger partial charge in [0, 0.05) is 11.5 Å². The van der Waals surface area contributed by atoms with Crippen molar-refractivity contribution < 1.29 is 0 Å². The lowest BCUT2D eigenvalue weighted by Gasteiger charge is -2.60. The lowest BCUT2D eigenvalue weighted by Crippen LogP contribution is -2.52. The zero-order valence-electron chi connectivity index (χ0n) is 15.0. The van der Waals surface area contributed by atoms with E-state index < -0.39 is 0 Å². The number of nitrogens with zero attached hydrogens (tertiary/aromatic N) is 3. The van der Waals surface area contributed by atoms with Crippen LogP contribution in [-0.4, -0.2) is 6.54 Å². The molecule has 0 N–H and O–H groups in total. The van der Waals surface area contributed by atoms with Gasteiger partial charge in [0.1, 0.15) is 0 Å². The monoisotopic (exact) mass is 313 g/mol. The molecule has 3 rings (SSSR count). The highest BCUT2D eigenvalue weighted by Crippen LogP contribution is 2.65. The van der Waals surface area contributed by atoms with E-state index in [1.165, 1.54) is 44.9 Å². The van der Waals surface area contributed by atoms with Gasteiger partial charge in [0.2, 0.25) is 0 Å². The Hall–Kier alpha value is -1.21.